The Kier molecular flexibility index (Phi) is 4.22. The van der Waals surface area contributed by atoms with Crippen molar-refractivity contribution in [2.45, 2.75) is 51.0 Å². The molecule has 3 heteroatoms. The van der Waals surface area contributed by atoms with Gasteiger partial charge < -0.3 is 10.8 Å². The molecule has 0 aromatic carbocycles. The van der Waals surface area contributed by atoms with E-state index in [9.17, 15) is 4.79 Å². The van der Waals surface area contributed by atoms with Gasteiger partial charge in [-0.1, -0.05) is 25.7 Å². The second-order valence-electron chi connectivity index (χ2n) is 4.02. The summed E-state index contributed by atoms with van der Waals surface area (Å²) >= 11 is 0. The quantitative estimate of drug-likeness (QED) is 0.654. The molecule has 0 spiro atoms. The lowest BCUT2D eigenvalue weighted by molar-refractivity contribution is -0.142. The number of aliphatic carboxylic acids is 1. The van der Waals surface area contributed by atoms with Gasteiger partial charge in [-0.05, 0) is 19.3 Å². The summed E-state index contributed by atoms with van der Waals surface area (Å²) in [6.45, 7) is 0. The van der Waals surface area contributed by atoms with Gasteiger partial charge in [-0.25, -0.2) is 0 Å². The Morgan fingerprint density at radius 3 is 2.38 bits per heavy atom. The molecule has 1 saturated carbocycles. The molecule has 0 heterocycles. The van der Waals surface area contributed by atoms with Gasteiger partial charge >= 0.3 is 5.97 Å². The highest BCUT2D eigenvalue weighted by Gasteiger charge is 2.21. The monoisotopic (exact) mass is 185 g/mol. The third kappa shape index (κ3) is 3.77. The lowest BCUT2D eigenvalue weighted by Crippen LogP contribution is -2.26. The van der Waals surface area contributed by atoms with E-state index in [-0.39, 0.29) is 12.0 Å². The summed E-state index contributed by atoms with van der Waals surface area (Å²) in [4.78, 5) is 10.8. The molecule has 1 rings (SSSR count). The lowest BCUT2D eigenvalue weighted by atomic mass is 9.95. The van der Waals surface area contributed by atoms with Crippen LogP contribution in [0, 0.1) is 5.92 Å². The molecule has 1 aliphatic carbocycles. The number of hydrogen-bond acceptors (Lipinski definition) is 2. The number of carboxylic acid groups (broad SMARTS) is 1. The Hall–Kier alpha value is -0.570. The first-order valence-corrected chi connectivity index (χ1v) is 5.18. The summed E-state index contributed by atoms with van der Waals surface area (Å²) in [6.07, 6.45) is 7.04. The van der Waals surface area contributed by atoms with E-state index in [1.807, 2.05) is 0 Å². The van der Waals surface area contributed by atoms with E-state index in [0.717, 1.165) is 32.1 Å². The summed E-state index contributed by atoms with van der Waals surface area (Å²) in [6, 6.07) is 0.0965. The second kappa shape index (κ2) is 5.22. The van der Waals surface area contributed by atoms with Crippen molar-refractivity contribution in [3.8, 4) is 0 Å². The maximum atomic E-state index is 10.8. The minimum atomic E-state index is -0.669. The molecule has 3 N–H and O–H groups in total. The average molecular weight is 185 g/mol. The smallest absolute Gasteiger partial charge is 0.306 e. The maximum Gasteiger partial charge on any atom is 0.306 e. The molecule has 0 aliphatic heterocycles. The van der Waals surface area contributed by atoms with Crippen molar-refractivity contribution in [1.29, 1.82) is 0 Å². The molecule has 0 bridgehead atoms. The van der Waals surface area contributed by atoms with Crippen LogP contribution in [0.25, 0.3) is 0 Å². The highest BCUT2D eigenvalue weighted by Crippen LogP contribution is 2.21. The van der Waals surface area contributed by atoms with Gasteiger partial charge in [0, 0.05) is 6.04 Å². The molecule has 0 radical (unpaired) electrons. The molecule has 0 amide bonds. The molecule has 76 valence electrons. The van der Waals surface area contributed by atoms with Crippen molar-refractivity contribution < 1.29 is 9.90 Å². The zero-order valence-corrected chi connectivity index (χ0v) is 8.04. The minimum Gasteiger partial charge on any atom is -0.481 e. The number of rotatable bonds is 1. The van der Waals surface area contributed by atoms with Gasteiger partial charge in [0.05, 0.1) is 5.92 Å². The third-order valence-electron chi connectivity index (χ3n) is 2.81. The highest BCUT2D eigenvalue weighted by molar-refractivity contribution is 5.69. The van der Waals surface area contributed by atoms with Gasteiger partial charge in [-0.15, -0.1) is 0 Å². The van der Waals surface area contributed by atoms with E-state index >= 15 is 0 Å². The van der Waals surface area contributed by atoms with Crippen LogP contribution in [0.1, 0.15) is 44.9 Å². The number of carboxylic acids is 1. The van der Waals surface area contributed by atoms with Gasteiger partial charge in [-0.3, -0.25) is 4.79 Å². The van der Waals surface area contributed by atoms with Crippen LogP contribution in [0.15, 0.2) is 0 Å². The van der Waals surface area contributed by atoms with Crippen LogP contribution >= 0.6 is 0 Å². The lowest BCUT2D eigenvalue weighted by Gasteiger charge is -2.15. The first kappa shape index (κ1) is 10.5. The van der Waals surface area contributed by atoms with Crippen molar-refractivity contribution in [1.82, 2.24) is 0 Å². The summed E-state index contributed by atoms with van der Waals surface area (Å²) in [7, 11) is 0. The Labute approximate surface area is 79.3 Å². The summed E-state index contributed by atoms with van der Waals surface area (Å²) < 4.78 is 0. The van der Waals surface area contributed by atoms with Gasteiger partial charge in [0.2, 0.25) is 0 Å². The predicted molar refractivity (Wildman–Crippen MR) is 51.4 cm³/mol. The molecule has 0 aromatic rings. The molecule has 0 aromatic heterocycles. The van der Waals surface area contributed by atoms with Crippen LogP contribution in [0.3, 0.4) is 0 Å². The van der Waals surface area contributed by atoms with Crippen LogP contribution in [0.2, 0.25) is 0 Å². The zero-order chi connectivity index (χ0) is 9.68. The molecule has 0 saturated heterocycles. The number of nitrogens with two attached hydrogens (primary N) is 1. The van der Waals surface area contributed by atoms with E-state index in [4.69, 9.17) is 10.8 Å². The highest BCUT2D eigenvalue weighted by atomic mass is 16.4. The van der Waals surface area contributed by atoms with Crippen LogP contribution in [-0.2, 0) is 4.79 Å². The van der Waals surface area contributed by atoms with Crippen molar-refractivity contribution in [2.75, 3.05) is 0 Å². The van der Waals surface area contributed by atoms with Crippen LogP contribution in [-0.4, -0.2) is 17.1 Å². The molecule has 3 nitrogen and oxygen atoms in total. The molecular weight excluding hydrogens is 166 g/mol. The van der Waals surface area contributed by atoms with Crippen LogP contribution in [0.4, 0.5) is 0 Å². The van der Waals surface area contributed by atoms with Gasteiger partial charge in [-0.2, -0.15) is 0 Å². The zero-order valence-electron chi connectivity index (χ0n) is 8.04. The average Bonchev–Trinajstić information content (AvgIpc) is 2.16. The summed E-state index contributed by atoms with van der Waals surface area (Å²) in [5.41, 5.74) is 5.84. The van der Waals surface area contributed by atoms with E-state index in [1.165, 1.54) is 6.42 Å². The standard InChI is InChI=1S/C10H19NO2/c11-9-6-4-2-1-3-5-8(7-9)10(12)13/h8-9H,1-7,11H2,(H,12,13). The number of carbonyl (C=O) groups is 1. The van der Waals surface area contributed by atoms with Gasteiger partial charge in [0.1, 0.15) is 0 Å². The fourth-order valence-corrected chi connectivity index (χ4v) is 1.98. The molecule has 1 aliphatic rings. The SMILES string of the molecule is NC1CCCCCCC(C(=O)O)C1. The van der Waals surface area contributed by atoms with E-state index in [2.05, 4.69) is 0 Å². The fourth-order valence-electron chi connectivity index (χ4n) is 1.98. The van der Waals surface area contributed by atoms with Crippen molar-refractivity contribution in [3.05, 3.63) is 0 Å². The predicted octanol–water partition coefficient (Wildman–Crippen LogP) is 1.76. The van der Waals surface area contributed by atoms with Crippen LogP contribution < -0.4 is 5.73 Å². The second-order valence-corrected chi connectivity index (χ2v) is 4.02. The maximum absolute atomic E-state index is 10.8. The molecule has 13 heavy (non-hydrogen) atoms. The van der Waals surface area contributed by atoms with Gasteiger partial charge in [0.25, 0.3) is 0 Å². The topological polar surface area (TPSA) is 63.3 Å². The third-order valence-corrected chi connectivity index (χ3v) is 2.81. The van der Waals surface area contributed by atoms with E-state index < -0.39 is 5.97 Å². The fraction of sp³-hybridized carbons (Fsp3) is 0.900. The minimum absolute atomic E-state index is 0.0965. The largest absolute Gasteiger partial charge is 0.481 e. The van der Waals surface area contributed by atoms with Crippen LogP contribution in [0.5, 0.6) is 0 Å². The molecular formula is C10H19NO2. The molecule has 2 unspecified atom stereocenters. The molecule has 1 fully saturated rings. The summed E-state index contributed by atoms with van der Waals surface area (Å²) in [5, 5.41) is 8.91. The van der Waals surface area contributed by atoms with Gasteiger partial charge in [0.15, 0.2) is 0 Å². The Morgan fingerprint density at radius 1 is 1.15 bits per heavy atom. The van der Waals surface area contributed by atoms with E-state index in [0.29, 0.717) is 6.42 Å². The van der Waals surface area contributed by atoms with Crippen molar-refractivity contribution in [3.63, 3.8) is 0 Å². The first-order valence-electron chi connectivity index (χ1n) is 5.18. The first-order chi connectivity index (χ1) is 6.20. The molecule has 2 atom stereocenters. The van der Waals surface area contributed by atoms with Crippen molar-refractivity contribution >= 4 is 5.97 Å². The van der Waals surface area contributed by atoms with Crippen molar-refractivity contribution in [2.24, 2.45) is 11.7 Å². The Morgan fingerprint density at radius 2 is 1.77 bits per heavy atom. The number of hydrogen-bond donors (Lipinski definition) is 2. The Balaban J connectivity index is 2.46. The summed E-state index contributed by atoms with van der Waals surface area (Å²) in [5.74, 6) is -0.870. The van der Waals surface area contributed by atoms with E-state index in [1.54, 1.807) is 0 Å². The Bertz CT molecular complexity index is 170. The normalized spacial score (nSPS) is 31.5.